The Labute approximate surface area is 128 Å². The maximum atomic E-state index is 12.5. The second kappa shape index (κ2) is 6.45. The van der Waals surface area contributed by atoms with E-state index in [4.69, 9.17) is 0 Å². The molecule has 0 aromatic heterocycles. The van der Waals surface area contributed by atoms with Crippen LogP contribution in [0.25, 0.3) is 0 Å². The van der Waals surface area contributed by atoms with Crippen LogP contribution < -0.4 is 0 Å². The Kier molecular flexibility index (Phi) is 6.11. The molecule has 0 bridgehead atoms. The van der Waals surface area contributed by atoms with Gasteiger partial charge in [0, 0.05) is 5.57 Å². The highest BCUT2D eigenvalue weighted by Crippen LogP contribution is 2.55. The molecule has 0 radical (unpaired) electrons. The van der Waals surface area contributed by atoms with Crippen LogP contribution >= 0.6 is 0 Å². The molecule has 0 saturated carbocycles. The first-order chi connectivity index (χ1) is 10.5. The van der Waals surface area contributed by atoms with Gasteiger partial charge in [-0.25, -0.2) is 0 Å². The Morgan fingerprint density at radius 2 is 0.680 bits per heavy atom. The largest absolute Gasteiger partial charge is 0.412 e. The minimum absolute atomic E-state index is 0.718. The van der Waals surface area contributed by atoms with Crippen LogP contribution in [0.4, 0.5) is 65.9 Å². The van der Waals surface area contributed by atoms with Crippen molar-refractivity contribution in [2.24, 2.45) is 11.8 Å². The molecular formula is C10H5F15. The van der Waals surface area contributed by atoms with E-state index in [1.807, 2.05) is 0 Å². The lowest BCUT2D eigenvalue weighted by molar-refractivity contribution is -0.302. The summed E-state index contributed by atoms with van der Waals surface area (Å²) < 4.78 is 187. The van der Waals surface area contributed by atoms with E-state index in [0.29, 0.717) is 0 Å². The third-order valence-corrected chi connectivity index (χ3v) is 2.79. The smallest absolute Gasteiger partial charge is 0.170 e. The minimum atomic E-state index is -6.89. The van der Waals surface area contributed by atoms with Gasteiger partial charge in [0.1, 0.15) is 0 Å². The van der Waals surface area contributed by atoms with Gasteiger partial charge >= 0.3 is 30.9 Å². The van der Waals surface area contributed by atoms with Gasteiger partial charge in [-0.05, 0) is 12.5 Å². The zero-order chi connectivity index (χ0) is 20.8. The highest BCUT2D eigenvalue weighted by molar-refractivity contribution is 5.27. The number of hydrogen-bond donors (Lipinski definition) is 0. The van der Waals surface area contributed by atoms with Gasteiger partial charge in [-0.15, -0.1) is 0 Å². The first kappa shape index (κ1) is 23.7. The molecule has 0 unspecified atom stereocenters. The molecule has 0 atom stereocenters. The Hall–Kier alpha value is -1.31. The van der Waals surface area contributed by atoms with Crippen molar-refractivity contribution in [1.82, 2.24) is 0 Å². The summed E-state index contributed by atoms with van der Waals surface area (Å²) >= 11 is 0. The summed E-state index contributed by atoms with van der Waals surface area (Å²) in [6, 6.07) is 0. The van der Waals surface area contributed by atoms with E-state index in [2.05, 4.69) is 0 Å². The Morgan fingerprint density at radius 3 is 0.800 bits per heavy atom. The van der Waals surface area contributed by atoms with Crippen molar-refractivity contribution in [3.63, 3.8) is 0 Å². The molecule has 0 nitrogen and oxygen atoms in total. The molecule has 0 spiro atoms. The minimum Gasteiger partial charge on any atom is -0.170 e. The summed E-state index contributed by atoms with van der Waals surface area (Å²) in [6.45, 7) is -0.718. The van der Waals surface area contributed by atoms with Crippen LogP contribution in [-0.2, 0) is 0 Å². The topological polar surface area (TPSA) is 0 Å². The SMILES string of the molecule is CC(=C(C(C(F)(F)F)C(F)(F)F)C(C(F)(F)F)C(F)(F)F)C(F)(F)F. The maximum Gasteiger partial charge on any atom is 0.412 e. The molecule has 0 aromatic carbocycles. The van der Waals surface area contributed by atoms with Crippen molar-refractivity contribution >= 4 is 0 Å². The summed E-state index contributed by atoms with van der Waals surface area (Å²) in [6.07, 6.45) is -33.9. The lowest BCUT2D eigenvalue weighted by Gasteiger charge is -2.34. The van der Waals surface area contributed by atoms with Crippen molar-refractivity contribution in [3.8, 4) is 0 Å². The van der Waals surface area contributed by atoms with Gasteiger partial charge in [-0.2, -0.15) is 65.9 Å². The van der Waals surface area contributed by atoms with E-state index in [0.717, 1.165) is 0 Å². The molecule has 0 saturated heterocycles. The third-order valence-electron chi connectivity index (χ3n) is 2.79. The summed E-state index contributed by atoms with van der Waals surface area (Å²) in [5, 5.41) is 0. The number of alkyl halides is 15. The number of hydrogen-bond acceptors (Lipinski definition) is 0. The second-order valence-electron chi connectivity index (χ2n) is 4.61. The molecule has 15 heteroatoms. The standard InChI is InChI=1S/C10H5F15/c1-2(6(11,12)13)3(4(7(14,15)16)8(17,18)19)5(9(20,21)22)10(23,24)25/h4-5H,1H3. The molecule has 0 rings (SSSR count). The number of allylic oxidation sites excluding steroid dienone is 2. The lowest BCUT2D eigenvalue weighted by Crippen LogP contribution is -2.48. The van der Waals surface area contributed by atoms with E-state index >= 15 is 0 Å². The van der Waals surface area contributed by atoms with Gasteiger partial charge in [0.15, 0.2) is 11.8 Å². The van der Waals surface area contributed by atoms with Gasteiger partial charge in [-0.3, -0.25) is 0 Å². The Bertz CT molecular complexity index is 429. The fourth-order valence-electron chi connectivity index (χ4n) is 1.84. The quantitative estimate of drug-likeness (QED) is 0.368. The summed E-state index contributed by atoms with van der Waals surface area (Å²) in [5.74, 6) is -11.2. The molecule has 0 heterocycles. The van der Waals surface area contributed by atoms with E-state index in [1.54, 1.807) is 0 Å². The zero-order valence-corrected chi connectivity index (χ0v) is 11.3. The van der Waals surface area contributed by atoms with Crippen molar-refractivity contribution < 1.29 is 65.9 Å². The van der Waals surface area contributed by atoms with Gasteiger partial charge < -0.3 is 0 Å². The van der Waals surface area contributed by atoms with Crippen LogP contribution in [0.15, 0.2) is 11.1 Å². The first-order valence-electron chi connectivity index (χ1n) is 5.57. The molecule has 0 amide bonds. The van der Waals surface area contributed by atoms with Crippen LogP contribution in [0.1, 0.15) is 6.92 Å². The van der Waals surface area contributed by atoms with E-state index in [-0.39, 0.29) is 0 Å². The fourth-order valence-corrected chi connectivity index (χ4v) is 1.84. The van der Waals surface area contributed by atoms with E-state index in [1.165, 1.54) is 0 Å². The second-order valence-corrected chi connectivity index (χ2v) is 4.61. The van der Waals surface area contributed by atoms with Gasteiger partial charge in [-0.1, -0.05) is 0 Å². The van der Waals surface area contributed by atoms with Crippen LogP contribution in [0.3, 0.4) is 0 Å². The number of rotatable bonds is 2. The molecule has 0 aromatic rings. The Balaban J connectivity index is 7.11. The predicted octanol–water partition coefficient (Wildman–Crippen LogP) is 6.35. The molecular weight excluding hydrogens is 405 g/mol. The highest BCUT2D eigenvalue weighted by Gasteiger charge is 2.69. The van der Waals surface area contributed by atoms with Gasteiger partial charge in [0.2, 0.25) is 0 Å². The maximum absolute atomic E-state index is 12.5. The molecule has 0 N–H and O–H groups in total. The van der Waals surface area contributed by atoms with Crippen molar-refractivity contribution in [3.05, 3.63) is 11.1 Å². The van der Waals surface area contributed by atoms with Crippen molar-refractivity contribution in [2.75, 3.05) is 0 Å². The van der Waals surface area contributed by atoms with E-state index < -0.39 is 60.8 Å². The van der Waals surface area contributed by atoms with Crippen LogP contribution in [0.5, 0.6) is 0 Å². The molecule has 150 valence electrons. The van der Waals surface area contributed by atoms with Crippen LogP contribution in [-0.4, -0.2) is 30.9 Å². The number of halogens is 15. The molecule has 0 aliphatic heterocycles. The van der Waals surface area contributed by atoms with Crippen molar-refractivity contribution in [1.29, 1.82) is 0 Å². The molecule has 25 heavy (non-hydrogen) atoms. The average molecular weight is 410 g/mol. The van der Waals surface area contributed by atoms with E-state index in [9.17, 15) is 65.9 Å². The molecule has 0 aliphatic carbocycles. The highest BCUT2D eigenvalue weighted by atomic mass is 19.4. The van der Waals surface area contributed by atoms with Crippen LogP contribution in [0, 0.1) is 11.8 Å². The molecule has 0 fully saturated rings. The third kappa shape index (κ3) is 5.87. The Morgan fingerprint density at radius 1 is 0.480 bits per heavy atom. The van der Waals surface area contributed by atoms with Crippen molar-refractivity contribution in [2.45, 2.75) is 37.8 Å². The first-order valence-corrected chi connectivity index (χ1v) is 5.57. The predicted molar refractivity (Wildman–Crippen MR) is 50.0 cm³/mol. The monoisotopic (exact) mass is 410 g/mol. The van der Waals surface area contributed by atoms with Gasteiger partial charge in [0.05, 0.1) is 0 Å². The summed E-state index contributed by atoms with van der Waals surface area (Å²) in [4.78, 5) is 0. The normalized spacial score (nSPS) is 15.1. The lowest BCUT2D eigenvalue weighted by atomic mass is 9.82. The zero-order valence-electron chi connectivity index (χ0n) is 11.3. The fraction of sp³-hybridized carbons (Fsp3) is 0.800. The average Bonchev–Trinajstić information content (AvgIpc) is 2.17. The summed E-state index contributed by atoms with van der Waals surface area (Å²) in [5.41, 5.74) is -7.20. The summed E-state index contributed by atoms with van der Waals surface area (Å²) in [7, 11) is 0. The van der Waals surface area contributed by atoms with Gasteiger partial charge in [0.25, 0.3) is 0 Å². The molecule has 0 aliphatic rings. The van der Waals surface area contributed by atoms with Crippen LogP contribution in [0.2, 0.25) is 0 Å².